The molecule has 0 unspecified atom stereocenters. The first kappa shape index (κ1) is 24.9. The number of hydrogen-bond acceptors (Lipinski definition) is 7. The van der Waals surface area contributed by atoms with Crippen molar-refractivity contribution in [1.82, 2.24) is 9.61 Å². The third kappa shape index (κ3) is 5.71. The number of carbonyl (C=O) groups excluding carboxylic acids is 1. The number of hydrogen-bond donors (Lipinski definition) is 1. The van der Waals surface area contributed by atoms with Gasteiger partial charge >= 0.3 is 5.97 Å². The Bertz CT molecular complexity index is 1360. The van der Waals surface area contributed by atoms with Gasteiger partial charge in [-0.3, -0.25) is 0 Å². The van der Waals surface area contributed by atoms with Gasteiger partial charge in [-0.15, -0.1) is 0 Å². The van der Waals surface area contributed by atoms with Crippen LogP contribution < -0.4 is 5.32 Å². The van der Waals surface area contributed by atoms with Crippen molar-refractivity contribution >= 4 is 22.9 Å². The highest BCUT2D eigenvalue weighted by Gasteiger charge is 2.23. The molecule has 0 aliphatic rings. The number of aromatic nitrogens is 2. The Balaban J connectivity index is 1.70. The van der Waals surface area contributed by atoms with Gasteiger partial charge < -0.3 is 19.5 Å². The first-order valence-corrected chi connectivity index (χ1v) is 11.7. The Morgan fingerprint density at radius 1 is 1.08 bits per heavy atom. The number of esters is 1. The van der Waals surface area contributed by atoms with Crippen LogP contribution in [0.1, 0.15) is 39.5 Å². The molecule has 1 N–H and O–H groups in total. The van der Waals surface area contributed by atoms with Gasteiger partial charge in [-0.1, -0.05) is 42.5 Å². The lowest BCUT2D eigenvalue weighted by molar-refractivity contribution is 0.0501. The molecule has 2 heterocycles. The van der Waals surface area contributed by atoms with E-state index in [1.54, 1.807) is 24.7 Å². The van der Waals surface area contributed by atoms with Gasteiger partial charge in [0, 0.05) is 24.6 Å². The molecule has 8 heteroatoms. The smallest absolute Gasteiger partial charge is 0.340 e. The average molecular weight is 485 g/mol. The Hall–Kier alpha value is -4.19. The lowest BCUT2D eigenvalue weighted by Gasteiger charge is -2.13. The molecule has 4 rings (SSSR count). The highest BCUT2D eigenvalue weighted by Crippen LogP contribution is 2.32. The molecule has 4 aromatic rings. The summed E-state index contributed by atoms with van der Waals surface area (Å²) in [7, 11) is 1.59. The fourth-order valence-electron chi connectivity index (χ4n) is 3.94. The number of carbonyl (C=O) groups is 1. The second-order valence-corrected chi connectivity index (χ2v) is 8.11. The third-order valence-corrected chi connectivity index (χ3v) is 5.68. The molecule has 2 aromatic carbocycles. The summed E-state index contributed by atoms with van der Waals surface area (Å²) in [6, 6.07) is 20.5. The van der Waals surface area contributed by atoms with Crippen molar-refractivity contribution in [1.29, 1.82) is 5.26 Å². The maximum absolute atomic E-state index is 12.7. The van der Waals surface area contributed by atoms with Crippen molar-refractivity contribution < 1.29 is 19.0 Å². The molecule has 0 aliphatic heterocycles. The largest absolute Gasteiger partial charge is 0.462 e. The fraction of sp³-hybridized carbons (Fsp3) is 0.250. The highest BCUT2D eigenvalue weighted by molar-refractivity contribution is 5.97. The summed E-state index contributed by atoms with van der Waals surface area (Å²) in [4.78, 5) is 12.7. The van der Waals surface area contributed by atoms with Crippen LogP contribution in [0.2, 0.25) is 0 Å². The lowest BCUT2D eigenvalue weighted by atomic mass is 10.0. The molecule has 2 aromatic heterocycles. The number of rotatable bonds is 11. The van der Waals surface area contributed by atoms with Crippen LogP contribution in [0.5, 0.6) is 0 Å². The van der Waals surface area contributed by atoms with E-state index in [-0.39, 0.29) is 13.2 Å². The summed E-state index contributed by atoms with van der Waals surface area (Å²) in [5.74, 6) is -0.469. The molecule has 0 atom stereocenters. The number of nitrogens with zero attached hydrogens (tertiary/aromatic N) is 3. The molecule has 184 valence electrons. The van der Waals surface area contributed by atoms with Crippen LogP contribution in [0, 0.1) is 11.3 Å². The summed E-state index contributed by atoms with van der Waals surface area (Å²) in [6.45, 7) is 2.90. The van der Waals surface area contributed by atoms with Crippen molar-refractivity contribution in [3.05, 3.63) is 94.8 Å². The SMILES string of the molecule is CCOC(=O)c1cn2ncc(C#N)c(Nc3ccc(Cc4ccccc4)cc3)c2c1COCCOC. The summed E-state index contributed by atoms with van der Waals surface area (Å²) >= 11 is 0. The second-order valence-electron chi connectivity index (χ2n) is 8.11. The molecular weight excluding hydrogens is 456 g/mol. The van der Waals surface area contributed by atoms with Gasteiger partial charge in [0.25, 0.3) is 0 Å². The summed E-state index contributed by atoms with van der Waals surface area (Å²) in [5.41, 5.74) is 5.64. The van der Waals surface area contributed by atoms with Gasteiger partial charge in [0.15, 0.2) is 0 Å². The van der Waals surface area contributed by atoms with E-state index in [1.807, 2.05) is 30.3 Å². The normalized spacial score (nSPS) is 10.8. The van der Waals surface area contributed by atoms with E-state index in [0.29, 0.717) is 41.1 Å². The maximum atomic E-state index is 12.7. The molecule has 0 spiro atoms. The maximum Gasteiger partial charge on any atom is 0.340 e. The molecule has 0 bridgehead atoms. The van der Waals surface area contributed by atoms with Crippen LogP contribution >= 0.6 is 0 Å². The van der Waals surface area contributed by atoms with Gasteiger partial charge in [0.2, 0.25) is 0 Å². The number of anilines is 2. The number of nitriles is 1. The number of ether oxygens (including phenoxy) is 3. The van der Waals surface area contributed by atoms with Crippen LogP contribution in [0.3, 0.4) is 0 Å². The van der Waals surface area contributed by atoms with Crippen molar-refractivity contribution in [2.24, 2.45) is 0 Å². The molecule has 8 nitrogen and oxygen atoms in total. The van der Waals surface area contributed by atoms with E-state index < -0.39 is 5.97 Å². The standard InChI is InChI=1S/C28H28N4O4/c1-3-36-28(33)24-18-32-27(25(24)19-35-14-13-34-2)26(22(16-29)17-30-32)31-23-11-9-21(10-12-23)15-20-7-5-4-6-8-20/h4-12,17-18,31H,3,13-15,19H2,1-2H3. The van der Waals surface area contributed by atoms with Crippen molar-refractivity contribution in [3.63, 3.8) is 0 Å². The predicted octanol–water partition coefficient (Wildman–Crippen LogP) is 4.88. The van der Waals surface area contributed by atoms with Crippen LogP contribution in [-0.4, -0.2) is 42.5 Å². The zero-order chi connectivity index (χ0) is 25.3. The predicted molar refractivity (Wildman–Crippen MR) is 136 cm³/mol. The van der Waals surface area contributed by atoms with Gasteiger partial charge in [0.05, 0.1) is 55.0 Å². The summed E-state index contributed by atoms with van der Waals surface area (Å²) in [5, 5.41) is 17.5. The number of nitrogens with one attached hydrogen (secondary N) is 1. The first-order chi connectivity index (χ1) is 17.6. The molecular formula is C28H28N4O4. The monoisotopic (exact) mass is 484 g/mol. The van der Waals surface area contributed by atoms with Crippen LogP contribution in [0.4, 0.5) is 11.4 Å². The minimum absolute atomic E-state index is 0.134. The Morgan fingerprint density at radius 2 is 1.83 bits per heavy atom. The second kappa shape index (κ2) is 12.0. The quantitative estimate of drug-likeness (QED) is 0.239. The lowest BCUT2D eigenvalue weighted by Crippen LogP contribution is -2.09. The molecule has 0 saturated carbocycles. The fourth-order valence-corrected chi connectivity index (χ4v) is 3.94. The Morgan fingerprint density at radius 3 is 2.53 bits per heavy atom. The van der Waals surface area contributed by atoms with Crippen LogP contribution in [-0.2, 0) is 27.2 Å². The van der Waals surface area contributed by atoms with Crippen molar-refractivity contribution in [3.8, 4) is 6.07 Å². The van der Waals surface area contributed by atoms with E-state index in [0.717, 1.165) is 12.1 Å². The van der Waals surface area contributed by atoms with Gasteiger partial charge in [-0.05, 0) is 36.6 Å². The van der Waals surface area contributed by atoms with Gasteiger partial charge in [-0.25, -0.2) is 9.31 Å². The molecule has 0 fully saturated rings. The average Bonchev–Trinajstić information content (AvgIpc) is 3.28. The molecule has 0 amide bonds. The van der Waals surface area contributed by atoms with E-state index in [4.69, 9.17) is 14.2 Å². The first-order valence-electron chi connectivity index (χ1n) is 11.7. The van der Waals surface area contributed by atoms with E-state index in [1.165, 1.54) is 17.3 Å². The third-order valence-electron chi connectivity index (χ3n) is 5.68. The molecule has 0 radical (unpaired) electrons. The Kier molecular flexibility index (Phi) is 8.29. The van der Waals surface area contributed by atoms with Crippen molar-refractivity contribution in [2.75, 3.05) is 32.2 Å². The molecule has 0 aliphatic carbocycles. The zero-order valence-electron chi connectivity index (χ0n) is 20.4. The minimum Gasteiger partial charge on any atom is -0.462 e. The van der Waals surface area contributed by atoms with Crippen LogP contribution in [0.25, 0.3) is 5.52 Å². The topological polar surface area (TPSA) is 97.9 Å². The number of benzene rings is 2. The number of fused-ring (bicyclic) bond motifs is 1. The Labute approximate surface area is 210 Å². The van der Waals surface area contributed by atoms with Crippen molar-refractivity contribution in [2.45, 2.75) is 20.0 Å². The van der Waals surface area contributed by atoms with Gasteiger partial charge in [0.1, 0.15) is 6.07 Å². The summed E-state index contributed by atoms with van der Waals surface area (Å²) < 4.78 is 17.7. The van der Waals surface area contributed by atoms with E-state index in [9.17, 15) is 10.1 Å². The van der Waals surface area contributed by atoms with Crippen LogP contribution in [0.15, 0.2) is 67.0 Å². The molecule has 36 heavy (non-hydrogen) atoms. The zero-order valence-corrected chi connectivity index (χ0v) is 20.4. The minimum atomic E-state index is -0.469. The number of methoxy groups -OCH3 is 1. The summed E-state index contributed by atoms with van der Waals surface area (Å²) in [6.07, 6.45) is 3.91. The molecule has 0 saturated heterocycles. The highest BCUT2D eigenvalue weighted by atomic mass is 16.5. The van der Waals surface area contributed by atoms with E-state index >= 15 is 0 Å². The van der Waals surface area contributed by atoms with E-state index in [2.05, 4.69) is 40.8 Å². The van der Waals surface area contributed by atoms with Gasteiger partial charge in [-0.2, -0.15) is 10.4 Å².